The fraction of sp³-hybridized carbons (Fsp3) is 0.0455. The Morgan fingerprint density at radius 1 is 0.833 bits per heavy atom. The van der Waals surface area contributed by atoms with Crippen LogP contribution in [-0.2, 0) is 11.3 Å². The molecule has 0 saturated heterocycles. The first-order valence-electron chi connectivity index (χ1n) is 9.32. The summed E-state index contributed by atoms with van der Waals surface area (Å²) in [5.74, 6) is 0.370. The summed E-state index contributed by atoms with van der Waals surface area (Å²) in [4.78, 5) is 37.6. The molecule has 5 aromatic rings. The molecule has 5 rings (SSSR count). The van der Waals surface area contributed by atoms with Crippen molar-refractivity contribution in [2.75, 3.05) is 5.32 Å². The topological polar surface area (TPSA) is 94.7 Å². The van der Waals surface area contributed by atoms with E-state index in [-0.39, 0.29) is 18.0 Å². The second-order valence-corrected chi connectivity index (χ2v) is 6.73. The fourth-order valence-electron chi connectivity index (χ4n) is 3.37. The van der Waals surface area contributed by atoms with Gasteiger partial charge in [-0.15, -0.1) is 0 Å². The van der Waals surface area contributed by atoms with E-state index < -0.39 is 0 Å². The highest BCUT2D eigenvalue weighted by molar-refractivity contribution is 5.91. The molecule has 3 aromatic heterocycles. The second kappa shape index (κ2) is 7.25. The van der Waals surface area contributed by atoms with E-state index in [0.717, 1.165) is 11.0 Å². The van der Waals surface area contributed by atoms with Crippen LogP contribution in [0.2, 0.25) is 0 Å². The number of carbonyl (C=O) groups excluding carboxylic acids is 1. The minimum absolute atomic E-state index is 0.115. The quantitative estimate of drug-likeness (QED) is 0.504. The van der Waals surface area contributed by atoms with E-state index in [4.69, 9.17) is 0 Å². The minimum atomic E-state index is -0.329. The molecule has 30 heavy (non-hydrogen) atoms. The van der Waals surface area contributed by atoms with Crippen molar-refractivity contribution in [2.45, 2.75) is 6.54 Å². The average molecular weight is 396 g/mol. The minimum Gasteiger partial charge on any atom is -0.323 e. The molecule has 146 valence electrons. The summed E-state index contributed by atoms with van der Waals surface area (Å²) in [6.45, 7) is -0.115. The Bertz CT molecular complexity index is 1440. The molecule has 8 heteroatoms. The summed E-state index contributed by atoms with van der Waals surface area (Å²) in [5, 5.41) is 2.79. The third-order valence-corrected chi connectivity index (χ3v) is 4.79. The molecule has 0 fully saturated rings. The number of amides is 1. The van der Waals surface area contributed by atoms with Crippen molar-refractivity contribution in [1.29, 1.82) is 0 Å². The molecular formula is C22H16N6O2. The van der Waals surface area contributed by atoms with Crippen LogP contribution in [0.1, 0.15) is 0 Å². The highest BCUT2D eigenvalue weighted by Crippen LogP contribution is 2.17. The predicted octanol–water partition coefficient (Wildman–Crippen LogP) is 2.77. The average Bonchev–Trinajstić information content (AvgIpc) is 3.20. The van der Waals surface area contributed by atoms with Crippen molar-refractivity contribution in [3.63, 3.8) is 0 Å². The highest BCUT2D eigenvalue weighted by Gasteiger charge is 2.10. The zero-order valence-corrected chi connectivity index (χ0v) is 15.8. The monoisotopic (exact) mass is 396 g/mol. The Labute approximate surface area is 170 Å². The van der Waals surface area contributed by atoms with Crippen LogP contribution in [0.5, 0.6) is 0 Å². The van der Waals surface area contributed by atoms with Gasteiger partial charge in [-0.2, -0.15) is 0 Å². The number of anilines is 1. The summed E-state index contributed by atoms with van der Waals surface area (Å²) >= 11 is 0. The summed E-state index contributed by atoms with van der Waals surface area (Å²) < 4.78 is 3.28. The lowest BCUT2D eigenvalue weighted by Gasteiger charge is -2.10. The number of fused-ring (bicyclic) bond motifs is 2. The first-order valence-corrected chi connectivity index (χ1v) is 9.32. The van der Waals surface area contributed by atoms with Gasteiger partial charge in [0, 0.05) is 0 Å². The van der Waals surface area contributed by atoms with Gasteiger partial charge in [-0.25, -0.2) is 15.0 Å². The molecule has 0 spiro atoms. The predicted molar refractivity (Wildman–Crippen MR) is 113 cm³/mol. The number of nitrogens with one attached hydrogen (secondary N) is 1. The Kier molecular flexibility index (Phi) is 4.29. The molecule has 0 aliphatic carbocycles. The molecule has 3 heterocycles. The van der Waals surface area contributed by atoms with Gasteiger partial charge in [-0.05, 0) is 36.4 Å². The van der Waals surface area contributed by atoms with Gasteiger partial charge in [0.2, 0.25) is 5.91 Å². The number of benzene rings is 2. The van der Waals surface area contributed by atoms with Crippen molar-refractivity contribution in [1.82, 2.24) is 24.1 Å². The Morgan fingerprint density at radius 2 is 1.57 bits per heavy atom. The molecule has 0 atom stereocenters. The summed E-state index contributed by atoms with van der Waals surface area (Å²) in [6, 6.07) is 18.6. The maximum absolute atomic E-state index is 12.5. The van der Waals surface area contributed by atoms with E-state index in [0.29, 0.717) is 22.5 Å². The molecule has 0 aliphatic heterocycles. The van der Waals surface area contributed by atoms with Crippen molar-refractivity contribution in [3.05, 3.63) is 89.7 Å². The summed E-state index contributed by atoms with van der Waals surface area (Å²) in [5.41, 5.74) is 3.31. The first-order chi connectivity index (χ1) is 14.7. The van der Waals surface area contributed by atoms with E-state index in [1.807, 2.05) is 34.9 Å². The normalized spacial score (nSPS) is 11.1. The van der Waals surface area contributed by atoms with Gasteiger partial charge in [0.15, 0.2) is 0 Å². The standard InChI is InChI=1S/C22H16N6O2/c29-21(13-27-18-7-3-1-5-16(18)23-12-22(27)30)26-15-9-10-20(24-11-15)28-14-25-17-6-2-4-8-19(17)28/h1-12,14H,13H2,(H,26,29). The lowest BCUT2D eigenvalue weighted by atomic mass is 10.3. The smallest absolute Gasteiger partial charge is 0.269 e. The van der Waals surface area contributed by atoms with E-state index in [9.17, 15) is 9.59 Å². The Morgan fingerprint density at radius 3 is 2.33 bits per heavy atom. The van der Waals surface area contributed by atoms with Crippen LogP contribution in [0.4, 0.5) is 5.69 Å². The number of rotatable bonds is 4. The van der Waals surface area contributed by atoms with Gasteiger partial charge in [0.1, 0.15) is 18.7 Å². The van der Waals surface area contributed by atoms with E-state index in [2.05, 4.69) is 20.3 Å². The number of para-hydroxylation sites is 4. The number of pyridine rings is 1. The molecule has 1 N–H and O–H groups in total. The molecule has 2 aromatic carbocycles. The number of aromatic nitrogens is 5. The van der Waals surface area contributed by atoms with Crippen molar-refractivity contribution < 1.29 is 4.79 Å². The second-order valence-electron chi connectivity index (χ2n) is 6.73. The van der Waals surface area contributed by atoms with Crippen LogP contribution in [0, 0.1) is 0 Å². The third-order valence-electron chi connectivity index (χ3n) is 4.79. The number of hydrogen-bond acceptors (Lipinski definition) is 5. The lowest BCUT2D eigenvalue weighted by Crippen LogP contribution is -2.28. The van der Waals surface area contributed by atoms with Crippen LogP contribution in [-0.4, -0.2) is 30.0 Å². The summed E-state index contributed by atoms with van der Waals surface area (Å²) in [6.07, 6.45) is 4.52. The van der Waals surface area contributed by atoms with E-state index >= 15 is 0 Å². The van der Waals surface area contributed by atoms with Crippen LogP contribution in [0.15, 0.2) is 84.2 Å². The summed E-state index contributed by atoms with van der Waals surface area (Å²) in [7, 11) is 0. The van der Waals surface area contributed by atoms with E-state index in [1.165, 1.54) is 10.8 Å². The Balaban J connectivity index is 1.36. The van der Waals surface area contributed by atoms with Gasteiger partial charge < -0.3 is 5.32 Å². The molecule has 0 unspecified atom stereocenters. The van der Waals surface area contributed by atoms with Crippen molar-refractivity contribution >= 4 is 33.7 Å². The molecule has 8 nitrogen and oxygen atoms in total. The number of hydrogen-bond donors (Lipinski definition) is 1. The maximum Gasteiger partial charge on any atom is 0.269 e. The van der Waals surface area contributed by atoms with Gasteiger partial charge in [-0.1, -0.05) is 24.3 Å². The molecular weight excluding hydrogens is 380 g/mol. The van der Waals surface area contributed by atoms with Gasteiger partial charge >= 0.3 is 0 Å². The van der Waals surface area contributed by atoms with Crippen molar-refractivity contribution in [3.8, 4) is 5.82 Å². The zero-order chi connectivity index (χ0) is 20.5. The molecule has 0 bridgehead atoms. The van der Waals surface area contributed by atoms with Crippen LogP contribution >= 0.6 is 0 Å². The third kappa shape index (κ3) is 3.20. The van der Waals surface area contributed by atoms with E-state index in [1.54, 1.807) is 42.9 Å². The molecule has 1 amide bonds. The van der Waals surface area contributed by atoms with Gasteiger partial charge in [-0.3, -0.25) is 18.7 Å². The largest absolute Gasteiger partial charge is 0.323 e. The fourth-order valence-corrected chi connectivity index (χ4v) is 3.37. The Hall–Kier alpha value is -4.33. The zero-order valence-electron chi connectivity index (χ0n) is 15.8. The van der Waals surface area contributed by atoms with Crippen molar-refractivity contribution in [2.24, 2.45) is 0 Å². The number of carbonyl (C=O) groups is 1. The van der Waals surface area contributed by atoms with Crippen LogP contribution in [0.3, 0.4) is 0 Å². The van der Waals surface area contributed by atoms with Crippen LogP contribution in [0.25, 0.3) is 27.9 Å². The number of imidazole rings is 1. The first kappa shape index (κ1) is 17.7. The lowest BCUT2D eigenvalue weighted by molar-refractivity contribution is -0.116. The maximum atomic E-state index is 12.5. The number of nitrogens with zero attached hydrogens (tertiary/aromatic N) is 5. The highest BCUT2D eigenvalue weighted by atomic mass is 16.2. The molecule has 0 saturated carbocycles. The SMILES string of the molecule is O=C(Cn1c(=O)cnc2ccccc21)Nc1ccc(-n2cnc3ccccc32)nc1. The van der Waals surface area contributed by atoms with Gasteiger partial charge in [0.05, 0.1) is 40.1 Å². The van der Waals surface area contributed by atoms with Gasteiger partial charge in [0.25, 0.3) is 5.56 Å². The molecule has 0 radical (unpaired) electrons. The van der Waals surface area contributed by atoms with Crippen LogP contribution < -0.4 is 10.9 Å². The molecule has 0 aliphatic rings.